The van der Waals surface area contributed by atoms with E-state index >= 15 is 0 Å². The molecule has 5 heteroatoms. The molecule has 1 aromatic carbocycles. The molecule has 0 atom stereocenters. The number of fused-ring (bicyclic) bond motifs is 1. The van der Waals surface area contributed by atoms with Crippen LogP contribution in [-0.4, -0.2) is 23.6 Å². The number of methoxy groups -OCH3 is 1. The normalized spacial score (nSPS) is 10.7. The van der Waals surface area contributed by atoms with Crippen molar-refractivity contribution >= 4 is 16.7 Å². The van der Waals surface area contributed by atoms with Crippen LogP contribution in [0.4, 0.5) is 5.82 Å². The zero-order valence-electron chi connectivity index (χ0n) is 10.0. The van der Waals surface area contributed by atoms with Crippen molar-refractivity contribution in [2.24, 2.45) is 0 Å². The minimum atomic E-state index is 0.496. The van der Waals surface area contributed by atoms with Gasteiger partial charge < -0.3 is 15.8 Å². The Kier molecular flexibility index (Phi) is 3.39. The fourth-order valence-corrected chi connectivity index (χ4v) is 1.74. The highest BCUT2D eigenvalue weighted by Crippen LogP contribution is 2.26. The molecule has 0 amide bonds. The largest absolute Gasteiger partial charge is 0.496 e. The lowest BCUT2D eigenvalue weighted by atomic mass is 10.1. The van der Waals surface area contributed by atoms with Gasteiger partial charge in [0, 0.05) is 23.6 Å². The smallest absolute Gasteiger partial charge is 0.134 e. The zero-order valence-corrected chi connectivity index (χ0v) is 10.0. The molecule has 0 aliphatic rings. The summed E-state index contributed by atoms with van der Waals surface area (Å²) in [5, 5.41) is 4.12. The van der Waals surface area contributed by atoms with Crippen molar-refractivity contribution in [1.29, 1.82) is 0 Å². The Bertz CT molecular complexity index is 527. The van der Waals surface area contributed by atoms with Crippen LogP contribution < -0.4 is 15.8 Å². The minimum Gasteiger partial charge on any atom is -0.496 e. The first-order chi connectivity index (χ1) is 8.26. The van der Waals surface area contributed by atoms with Gasteiger partial charge in [-0.25, -0.2) is 9.97 Å². The van der Waals surface area contributed by atoms with Gasteiger partial charge in [0.25, 0.3) is 0 Å². The van der Waals surface area contributed by atoms with E-state index in [0.29, 0.717) is 5.82 Å². The van der Waals surface area contributed by atoms with E-state index in [1.54, 1.807) is 7.11 Å². The molecule has 0 aliphatic carbocycles. The van der Waals surface area contributed by atoms with E-state index in [4.69, 9.17) is 10.5 Å². The number of benzene rings is 1. The summed E-state index contributed by atoms with van der Waals surface area (Å²) in [6.45, 7) is 3.71. The Labute approximate surface area is 100 Å². The van der Waals surface area contributed by atoms with E-state index in [0.717, 1.165) is 35.3 Å². The summed E-state index contributed by atoms with van der Waals surface area (Å²) < 4.78 is 5.35. The Morgan fingerprint density at radius 3 is 2.88 bits per heavy atom. The molecule has 1 heterocycles. The maximum Gasteiger partial charge on any atom is 0.134 e. The standard InChI is InChI=1S/C12H16N4O/c1-3-14-6-8-4-9-10(5-11(8)17-2)15-7-16-12(9)13/h4-5,7,14H,3,6H2,1-2H3,(H2,13,15,16). The van der Waals surface area contributed by atoms with Crippen LogP contribution in [0.3, 0.4) is 0 Å². The van der Waals surface area contributed by atoms with E-state index < -0.39 is 0 Å². The van der Waals surface area contributed by atoms with Crippen molar-refractivity contribution < 1.29 is 4.74 Å². The molecule has 1 aromatic heterocycles. The molecule has 0 radical (unpaired) electrons. The van der Waals surface area contributed by atoms with Crippen LogP contribution >= 0.6 is 0 Å². The van der Waals surface area contributed by atoms with Gasteiger partial charge in [0.15, 0.2) is 0 Å². The molecule has 0 saturated heterocycles. The summed E-state index contributed by atoms with van der Waals surface area (Å²) in [6, 6.07) is 3.87. The molecule has 0 spiro atoms. The fraction of sp³-hybridized carbons (Fsp3) is 0.333. The van der Waals surface area contributed by atoms with Crippen molar-refractivity contribution in [2.45, 2.75) is 13.5 Å². The Hall–Kier alpha value is -1.88. The molecule has 0 saturated carbocycles. The number of ether oxygens (including phenoxy) is 1. The van der Waals surface area contributed by atoms with Gasteiger partial charge in [-0.05, 0) is 12.6 Å². The molecule has 0 bridgehead atoms. The second-order valence-corrected chi connectivity index (χ2v) is 3.72. The van der Waals surface area contributed by atoms with Crippen molar-refractivity contribution in [3.05, 3.63) is 24.0 Å². The Balaban J connectivity index is 2.53. The first-order valence-corrected chi connectivity index (χ1v) is 5.54. The van der Waals surface area contributed by atoms with E-state index in [1.165, 1.54) is 6.33 Å². The average Bonchev–Trinajstić information content (AvgIpc) is 2.36. The van der Waals surface area contributed by atoms with Crippen LogP contribution in [0.25, 0.3) is 10.9 Å². The van der Waals surface area contributed by atoms with Crippen LogP contribution in [-0.2, 0) is 6.54 Å². The fourth-order valence-electron chi connectivity index (χ4n) is 1.74. The van der Waals surface area contributed by atoms with Gasteiger partial charge in [0.2, 0.25) is 0 Å². The average molecular weight is 232 g/mol. The van der Waals surface area contributed by atoms with Crippen molar-refractivity contribution in [2.75, 3.05) is 19.4 Å². The number of nitrogens with zero attached hydrogens (tertiary/aromatic N) is 2. The number of aromatic nitrogens is 2. The third kappa shape index (κ3) is 2.29. The van der Waals surface area contributed by atoms with Crippen LogP contribution in [0.1, 0.15) is 12.5 Å². The van der Waals surface area contributed by atoms with Crippen molar-refractivity contribution in [3.8, 4) is 5.75 Å². The number of hydrogen-bond acceptors (Lipinski definition) is 5. The Morgan fingerprint density at radius 2 is 2.18 bits per heavy atom. The molecule has 17 heavy (non-hydrogen) atoms. The predicted molar refractivity (Wildman–Crippen MR) is 67.9 cm³/mol. The van der Waals surface area contributed by atoms with E-state index in [1.807, 2.05) is 12.1 Å². The number of nitrogens with one attached hydrogen (secondary N) is 1. The van der Waals surface area contributed by atoms with Crippen LogP contribution in [0.2, 0.25) is 0 Å². The number of hydrogen-bond donors (Lipinski definition) is 2. The van der Waals surface area contributed by atoms with Gasteiger partial charge >= 0.3 is 0 Å². The van der Waals surface area contributed by atoms with Crippen LogP contribution in [0, 0.1) is 0 Å². The third-order valence-corrected chi connectivity index (χ3v) is 2.63. The number of nitrogen functional groups attached to an aromatic ring is 1. The number of nitrogens with two attached hydrogens (primary N) is 1. The monoisotopic (exact) mass is 232 g/mol. The zero-order chi connectivity index (χ0) is 12.3. The van der Waals surface area contributed by atoms with Gasteiger partial charge in [-0.1, -0.05) is 6.92 Å². The van der Waals surface area contributed by atoms with Crippen molar-refractivity contribution in [1.82, 2.24) is 15.3 Å². The van der Waals surface area contributed by atoms with E-state index in [-0.39, 0.29) is 0 Å². The molecular weight excluding hydrogens is 216 g/mol. The summed E-state index contributed by atoms with van der Waals surface area (Å²) in [4.78, 5) is 8.17. The second kappa shape index (κ2) is 4.97. The maximum atomic E-state index is 5.83. The second-order valence-electron chi connectivity index (χ2n) is 3.72. The summed E-state index contributed by atoms with van der Waals surface area (Å²) in [6.07, 6.45) is 1.46. The number of rotatable bonds is 4. The quantitative estimate of drug-likeness (QED) is 0.832. The summed E-state index contributed by atoms with van der Waals surface area (Å²) in [7, 11) is 1.65. The number of anilines is 1. The first-order valence-electron chi connectivity index (χ1n) is 5.54. The first kappa shape index (κ1) is 11.6. The van der Waals surface area contributed by atoms with Crippen LogP contribution in [0.15, 0.2) is 18.5 Å². The van der Waals surface area contributed by atoms with Gasteiger partial charge in [0.1, 0.15) is 17.9 Å². The van der Waals surface area contributed by atoms with Gasteiger partial charge in [-0.3, -0.25) is 0 Å². The SMILES string of the molecule is CCNCc1cc2c(N)ncnc2cc1OC. The predicted octanol–water partition coefficient (Wildman–Crippen LogP) is 1.33. The van der Waals surface area contributed by atoms with Crippen molar-refractivity contribution in [3.63, 3.8) is 0 Å². The third-order valence-electron chi connectivity index (χ3n) is 2.63. The maximum absolute atomic E-state index is 5.83. The van der Waals surface area contributed by atoms with Crippen LogP contribution in [0.5, 0.6) is 5.75 Å². The Morgan fingerprint density at radius 1 is 1.35 bits per heavy atom. The van der Waals surface area contributed by atoms with E-state index in [2.05, 4.69) is 22.2 Å². The lowest BCUT2D eigenvalue weighted by Gasteiger charge is -2.11. The molecule has 0 unspecified atom stereocenters. The molecular formula is C12H16N4O. The molecule has 5 nitrogen and oxygen atoms in total. The molecule has 90 valence electrons. The molecule has 3 N–H and O–H groups in total. The lowest BCUT2D eigenvalue weighted by Crippen LogP contribution is -2.12. The highest BCUT2D eigenvalue weighted by Gasteiger charge is 2.08. The minimum absolute atomic E-state index is 0.496. The topological polar surface area (TPSA) is 73.1 Å². The van der Waals surface area contributed by atoms with E-state index in [9.17, 15) is 0 Å². The summed E-state index contributed by atoms with van der Waals surface area (Å²) >= 11 is 0. The van der Waals surface area contributed by atoms with Gasteiger partial charge in [-0.2, -0.15) is 0 Å². The highest BCUT2D eigenvalue weighted by atomic mass is 16.5. The molecule has 0 aliphatic heterocycles. The van der Waals surface area contributed by atoms with Gasteiger partial charge in [-0.15, -0.1) is 0 Å². The van der Waals surface area contributed by atoms with Gasteiger partial charge in [0.05, 0.1) is 12.6 Å². The molecule has 0 fully saturated rings. The molecule has 2 aromatic rings. The molecule has 2 rings (SSSR count). The lowest BCUT2D eigenvalue weighted by molar-refractivity contribution is 0.408. The summed E-state index contributed by atoms with van der Waals surface area (Å²) in [5.74, 6) is 1.31. The highest BCUT2D eigenvalue weighted by molar-refractivity contribution is 5.89. The summed E-state index contributed by atoms with van der Waals surface area (Å²) in [5.41, 5.74) is 7.69.